The highest BCUT2D eigenvalue weighted by Gasteiger charge is 2.00. The van der Waals surface area contributed by atoms with E-state index in [0.717, 1.165) is 23.1 Å². The first kappa shape index (κ1) is 16.7. The molecule has 0 spiro atoms. The molecule has 0 amide bonds. The van der Waals surface area contributed by atoms with Gasteiger partial charge in [-0.15, -0.1) is 0 Å². The van der Waals surface area contributed by atoms with E-state index in [0.29, 0.717) is 26.2 Å². The van der Waals surface area contributed by atoms with Crippen molar-refractivity contribution in [2.24, 2.45) is 0 Å². The second-order valence-corrected chi connectivity index (χ2v) is 6.57. The standard InChI is InChI=1S/C14H22N2O3S/c1-12(2)11-19-14-6-4-5-13(9-14)10-15-7-8-16-20(3,17)18/h4-6,9,15-16H,1,7-8,10-11H2,2-3H3. The fourth-order valence-corrected chi connectivity index (χ4v) is 1.98. The van der Waals surface area contributed by atoms with Crippen LogP contribution >= 0.6 is 0 Å². The number of rotatable bonds is 9. The number of sulfonamides is 1. The average Bonchev–Trinajstić information content (AvgIpc) is 2.35. The summed E-state index contributed by atoms with van der Waals surface area (Å²) in [5.74, 6) is 0.807. The molecule has 0 atom stereocenters. The van der Waals surface area contributed by atoms with Crippen LogP contribution in [0.2, 0.25) is 0 Å². The summed E-state index contributed by atoms with van der Waals surface area (Å²) in [6, 6.07) is 7.78. The van der Waals surface area contributed by atoms with Gasteiger partial charge in [0, 0.05) is 19.6 Å². The van der Waals surface area contributed by atoms with Crippen molar-refractivity contribution in [2.75, 3.05) is 26.0 Å². The minimum Gasteiger partial charge on any atom is -0.489 e. The van der Waals surface area contributed by atoms with Gasteiger partial charge < -0.3 is 10.1 Å². The zero-order valence-electron chi connectivity index (χ0n) is 12.0. The van der Waals surface area contributed by atoms with Crippen LogP contribution < -0.4 is 14.8 Å². The molecule has 2 N–H and O–H groups in total. The SMILES string of the molecule is C=C(C)COc1cccc(CNCCNS(C)(=O)=O)c1. The molecular formula is C14H22N2O3S. The Kier molecular flexibility index (Phi) is 6.70. The molecule has 5 nitrogen and oxygen atoms in total. The van der Waals surface area contributed by atoms with E-state index in [1.807, 2.05) is 31.2 Å². The van der Waals surface area contributed by atoms with Gasteiger partial charge in [0.15, 0.2) is 0 Å². The highest BCUT2D eigenvalue weighted by molar-refractivity contribution is 7.88. The summed E-state index contributed by atoms with van der Waals surface area (Å²) >= 11 is 0. The lowest BCUT2D eigenvalue weighted by Gasteiger charge is -2.09. The van der Waals surface area contributed by atoms with Crippen LogP contribution in [0.3, 0.4) is 0 Å². The Labute approximate surface area is 121 Å². The van der Waals surface area contributed by atoms with Crippen molar-refractivity contribution in [3.8, 4) is 5.75 Å². The lowest BCUT2D eigenvalue weighted by molar-refractivity contribution is 0.352. The van der Waals surface area contributed by atoms with Crippen LogP contribution in [0.25, 0.3) is 0 Å². The van der Waals surface area contributed by atoms with Crippen LogP contribution in [0.15, 0.2) is 36.4 Å². The van der Waals surface area contributed by atoms with E-state index in [4.69, 9.17) is 4.74 Å². The summed E-state index contributed by atoms with van der Waals surface area (Å²) in [6.07, 6.45) is 1.15. The van der Waals surface area contributed by atoms with E-state index in [1.54, 1.807) is 0 Å². The van der Waals surface area contributed by atoms with Crippen LogP contribution in [-0.4, -0.2) is 34.4 Å². The van der Waals surface area contributed by atoms with Crippen LogP contribution in [0.5, 0.6) is 5.75 Å². The molecule has 0 saturated heterocycles. The maximum Gasteiger partial charge on any atom is 0.208 e. The Hall–Kier alpha value is -1.37. The van der Waals surface area contributed by atoms with Gasteiger partial charge in [0.25, 0.3) is 0 Å². The van der Waals surface area contributed by atoms with Crippen molar-refractivity contribution in [2.45, 2.75) is 13.5 Å². The van der Waals surface area contributed by atoms with Crippen molar-refractivity contribution in [1.29, 1.82) is 0 Å². The quantitative estimate of drug-likeness (QED) is 0.532. The molecule has 0 heterocycles. The summed E-state index contributed by atoms with van der Waals surface area (Å²) in [6.45, 7) is 7.83. The number of benzene rings is 1. The van der Waals surface area contributed by atoms with Gasteiger partial charge in [0.2, 0.25) is 10.0 Å². The Bertz CT molecular complexity index is 541. The van der Waals surface area contributed by atoms with E-state index in [2.05, 4.69) is 16.6 Å². The molecule has 0 unspecified atom stereocenters. The summed E-state index contributed by atoms with van der Waals surface area (Å²) in [4.78, 5) is 0. The lowest BCUT2D eigenvalue weighted by atomic mass is 10.2. The monoisotopic (exact) mass is 298 g/mol. The van der Waals surface area contributed by atoms with E-state index in [-0.39, 0.29) is 0 Å². The van der Waals surface area contributed by atoms with Gasteiger partial charge in [0.1, 0.15) is 12.4 Å². The Morgan fingerprint density at radius 2 is 2.10 bits per heavy atom. The van der Waals surface area contributed by atoms with Crippen LogP contribution in [-0.2, 0) is 16.6 Å². The summed E-state index contributed by atoms with van der Waals surface area (Å²) < 4.78 is 29.7. The van der Waals surface area contributed by atoms with E-state index >= 15 is 0 Å². The molecule has 0 aliphatic carbocycles. The van der Waals surface area contributed by atoms with Gasteiger partial charge in [-0.25, -0.2) is 13.1 Å². The molecule has 0 radical (unpaired) electrons. The fourth-order valence-electron chi connectivity index (χ4n) is 1.51. The molecule has 1 aromatic rings. The minimum absolute atomic E-state index is 0.380. The number of ether oxygens (including phenoxy) is 1. The molecule has 0 bridgehead atoms. The minimum atomic E-state index is -3.11. The predicted molar refractivity (Wildman–Crippen MR) is 81.3 cm³/mol. The van der Waals surface area contributed by atoms with E-state index in [9.17, 15) is 8.42 Å². The zero-order valence-corrected chi connectivity index (χ0v) is 12.8. The summed E-state index contributed by atoms with van der Waals surface area (Å²) in [5.41, 5.74) is 2.06. The third-order valence-electron chi connectivity index (χ3n) is 2.38. The van der Waals surface area contributed by atoms with Crippen molar-refractivity contribution < 1.29 is 13.2 Å². The molecule has 20 heavy (non-hydrogen) atoms. The molecule has 0 aliphatic rings. The Morgan fingerprint density at radius 1 is 1.35 bits per heavy atom. The summed E-state index contributed by atoms with van der Waals surface area (Å²) in [5, 5.41) is 3.17. The molecule has 1 rings (SSSR count). The molecule has 0 aliphatic heterocycles. The van der Waals surface area contributed by atoms with Crippen molar-refractivity contribution >= 4 is 10.0 Å². The van der Waals surface area contributed by atoms with Crippen LogP contribution in [0.1, 0.15) is 12.5 Å². The van der Waals surface area contributed by atoms with Gasteiger partial charge in [-0.1, -0.05) is 18.7 Å². The number of hydrogen-bond acceptors (Lipinski definition) is 4. The normalized spacial score (nSPS) is 11.3. The molecule has 0 aromatic heterocycles. The Morgan fingerprint density at radius 3 is 2.75 bits per heavy atom. The van der Waals surface area contributed by atoms with Crippen molar-refractivity contribution in [1.82, 2.24) is 10.0 Å². The lowest BCUT2D eigenvalue weighted by Crippen LogP contribution is -2.30. The fraction of sp³-hybridized carbons (Fsp3) is 0.429. The van der Waals surface area contributed by atoms with Crippen LogP contribution in [0.4, 0.5) is 0 Å². The maximum absolute atomic E-state index is 10.9. The van der Waals surface area contributed by atoms with Gasteiger partial charge in [0.05, 0.1) is 6.26 Å². The highest BCUT2D eigenvalue weighted by Crippen LogP contribution is 2.13. The van der Waals surface area contributed by atoms with Crippen molar-refractivity contribution in [3.05, 3.63) is 42.0 Å². The molecule has 1 aromatic carbocycles. The molecule has 6 heteroatoms. The molecule has 0 fully saturated rings. The molecular weight excluding hydrogens is 276 g/mol. The van der Waals surface area contributed by atoms with Gasteiger partial charge in [-0.2, -0.15) is 0 Å². The summed E-state index contributed by atoms with van der Waals surface area (Å²) in [7, 11) is -3.11. The van der Waals surface area contributed by atoms with Gasteiger partial charge >= 0.3 is 0 Å². The molecule has 112 valence electrons. The second kappa shape index (κ2) is 8.04. The Balaban J connectivity index is 2.33. The van der Waals surface area contributed by atoms with E-state index < -0.39 is 10.0 Å². The largest absolute Gasteiger partial charge is 0.489 e. The first-order valence-corrected chi connectivity index (χ1v) is 8.27. The first-order valence-electron chi connectivity index (χ1n) is 6.38. The van der Waals surface area contributed by atoms with Crippen LogP contribution in [0, 0.1) is 0 Å². The zero-order chi connectivity index (χ0) is 15.0. The number of hydrogen-bond donors (Lipinski definition) is 2. The second-order valence-electron chi connectivity index (χ2n) is 4.74. The van der Waals surface area contributed by atoms with Crippen molar-refractivity contribution in [3.63, 3.8) is 0 Å². The topological polar surface area (TPSA) is 67.4 Å². The maximum atomic E-state index is 10.9. The third-order valence-corrected chi connectivity index (χ3v) is 3.11. The average molecular weight is 298 g/mol. The van der Waals surface area contributed by atoms with Gasteiger partial charge in [-0.3, -0.25) is 0 Å². The predicted octanol–water partition coefficient (Wildman–Crippen LogP) is 1.28. The third kappa shape index (κ3) is 7.93. The number of nitrogens with one attached hydrogen (secondary N) is 2. The van der Waals surface area contributed by atoms with E-state index in [1.165, 1.54) is 0 Å². The molecule has 0 saturated carbocycles. The van der Waals surface area contributed by atoms with Gasteiger partial charge in [-0.05, 0) is 30.2 Å². The highest BCUT2D eigenvalue weighted by atomic mass is 32.2. The first-order chi connectivity index (χ1) is 9.37. The smallest absolute Gasteiger partial charge is 0.208 e.